The molecule has 1 aliphatic carbocycles. The van der Waals surface area contributed by atoms with Crippen LogP contribution in [0.5, 0.6) is 0 Å². The van der Waals surface area contributed by atoms with Gasteiger partial charge in [0.2, 0.25) is 5.95 Å². The standard InChI is InChI=1S/C13H20N6S/c1-8-7-10-11(15-5-6-19(2)9-3-4-9)16-13(18-14)17-12(10)20-8/h7,9H,3-6,14H2,1-2H3,(H2,15,16,17,18). The van der Waals surface area contributed by atoms with Gasteiger partial charge >= 0.3 is 0 Å². The van der Waals surface area contributed by atoms with Crippen LogP contribution in [-0.2, 0) is 0 Å². The Morgan fingerprint density at radius 2 is 2.25 bits per heavy atom. The van der Waals surface area contributed by atoms with Crippen molar-refractivity contribution in [2.75, 3.05) is 30.9 Å². The van der Waals surface area contributed by atoms with Crippen molar-refractivity contribution in [3.8, 4) is 0 Å². The Bertz CT molecular complexity index is 606. The summed E-state index contributed by atoms with van der Waals surface area (Å²) in [5.41, 5.74) is 2.53. The Morgan fingerprint density at radius 3 is 2.95 bits per heavy atom. The minimum atomic E-state index is 0.456. The lowest BCUT2D eigenvalue weighted by molar-refractivity contribution is 0.337. The fourth-order valence-corrected chi connectivity index (χ4v) is 3.17. The van der Waals surface area contributed by atoms with E-state index in [0.29, 0.717) is 5.95 Å². The number of likely N-dealkylation sites (N-methyl/N-ethyl adjacent to an activating group) is 1. The molecule has 1 aliphatic rings. The minimum absolute atomic E-state index is 0.456. The molecule has 0 radical (unpaired) electrons. The minimum Gasteiger partial charge on any atom is -0.368 e. The second-order valence-electron chi connectivity index (χ2n) is 5.25. The van der Waals surface area contributed by atoms with Crippen molar-refractivity contribution in [3.63, 3.8) is 0 Å². The molecule has 2 aromatic heterocycles. The molecule has 0 aliphatic heterocycles. The molecule has 0 unspecified atom stereocenters. The summed E-state index contributed by atoms with van der Waals surface area (Å²) in [7, 11) is 2.18. The van der Waals surface area contributed by atoms with Crippen molar-refractivity contribution in [3.05, 3.63) is 10.9 Å². The van der Waals surface area contributed by atoms with Gasteiger partial charge in [-0.15, -0.1) is 11.3 Å². The molecule has 2 heterocycles. The van der Waals surface area contributed by atoms with Crippen LogP contribution < -0.4 is 16.6 Å². The number of aryl methyl sites for hydroxylation is 1. The van der Waals surface area contributed by atoms with Gasteiger partial charge in [-0.3, -0.25) is 5.43 Å². The zero-order valence-electron chi connectivity index (χ0n) is 11.8. The summed E-state index contributed by atoms with van der Waals surface area (Å²) in [5, 5.41) is 4.48. The first-order valence-corrected chi connectivity index (χ1v) is 7.68. The molecule has 0 aromatic carbocycles. The van der Waals surface area contributed by atoms with Crippen LogP contribution >= 0.6 is 11.3 Å². The van der Waals surface area contributed by atoms with Crippen LogP contribution in [0.1, 0.15) is 17.7 Å². The molecule has 108 valence electrons. The molecule has 20 heavy (non-hydrogen) atoms. The van der Waals surface area contributed by atoms with Crippen LogP contribution in [0.3, 0.4) is 0 Å². The van der Waals surface area contributed by atoms with E-state index in [1.807, 2.05) is 0 Å². The topological polar surface area (TPSA) is 79.1 Å². The first kappa shape index (κ1) is 13.5. The monoisotopic (exact) mass is 292 g/mol. The summed E-state index contributed by atoms with van der Waals surface area (Å²) in [6.45, 7) is 3.97. The smallest absolute Gasteiger partial charge is 0.240 e. The number of nitrogen functional groups attached to an aromatic ring is 1. The number of thiophene rings is 1. The van der Waals surface area contributed by atoms with Gasteiger partial charge in [-0.25, -0.2) is 10.8 Å². The zero-order valence-corrected chi connectivity index (χ0v) is 12.6. The van der Waals surface area contributed by atoms with Gasteiger partial charge < -0.3 is 10.2 Å². The van der Waals surface area contributed by atoms with E-state index in [9.17, 15) is 0 Å². The number of nitrogens with one attached hydrogen (secondary N) is 2. The Balaban J connectivity index is 1.74. The van der Waals surface area contributed by atoms with Gasteiger partial charge in [0.25, 0.3) is 0 Å². The molecule has 7 heteroatoms. The molecule has 0 spiro atoms. The predicted molar refractivity (Wildman–Crippen MR) is 84.1 cm³/mol. The molecule has 2 aromatic rings. The number of aromatic nitrogens is 2. The number of nitrogens with two attached hydrogens (primary N) is 1. The Labute approximate surface area is 122 Å². The molecule has 0 atom stereocenters. The number of rotatable bonds is 6. The first-order valence-electron chi connectivity index (χ1n) is 6.86. The molecule has 1 fully saturated rings. The van der Waals surface area contributed by atoms with Crippen molar-refractivity contribution in [2.24, 2.45) is 5.84 Å². The van der Waals surface area contributed by atoms with Gasteiger partial charge in [-0.1, -0.05) is 0 Å². The largest absolute Gasteiger partial charge is 0.368 e. The molecular weight excluding hydrogens is 272 g/mol. The van der Waals surface area contributed by atoms with Gasteiger partial charge in [0, 0.05) is 24.0 Å². The van der Waals surface area contributed by atoms with Crippen molar-refractivity contribution in [1.29, 1.82) is 0 Å². The quantitative estimate of drug-likeness (QED) is 0.556. The van der Waals surface area contributed by atoms with Gasteiger partial charge in [0.05, 0.1) is 5.39 Å². The summed E-state index contributed by atoms with van der Waals surface area (Å²) in [5.74, 6) is 6.75. The highest BCUT2D eigenvalue weighted by Gasteiger charge is 2.25. The average Bonchev–Trinajstić information content (AvgIpc) is 3.20. The van der Waals surface area contributed by atoms with Crippen LogP contribution in [0.4, 0.5) is 11.8 Å². The van der Waals surface area contributed by atoms with E-state index in [2.05, 4.69) is 45.6 Å². The fraction of sp³-hybridized carbons (Fsp3) is 0.538. The molecule has 4 N–H and O–H groups in total. The third kappa shape index (κ3) is 2.84. The van der Waals surface area contributed by atoms with E-state index < -0.39 is 0 Å². The van der Waals surface area contributed by atoms with E-state index >= 15 is 0 Å². The maximum Gasteiger partial charge on any atom is 0.240 e. The highest BCUT2D eigenvalue weighted by Crippen LogP contribution is 2.29. The zero-order chi connectivity index (χ0) is 14.1. The predicted octanol–water partition coefficient (Wildman–Crippen LogP) is 1.79. The Kier molecular flexibility index (Phi) is 3.73. The third-order valence-electron chi connectivity index (χ3n) is 3.57. The van der Waals surface area contributed by atoms with Crippen molar-refractivity contribution in [2.45, 2.75) is 25.8 Å². The maximum absolute atomic E-state index is 5.44. The molecule has 0 bridgehead atoms. The first-order chi connectivity index (χ1) is 9.67. The molecule has 1 saturated carbocycles. The number of hydrogen-bond donors (Lipinski definition) is 3. The van der Waals surface area contributed by atoms with Crippen LogP contribution in [0.15, 0.2) is 6.07 Å². The lowest BCUT2D eigenvalue weighted by atomic mass is 10.3. The van der Waals surface area contributed by atoms with Crippen LogP contribution in [0.2, 0.25) is 0 Å². The molecule has 3 rings (SSSR count). The van der Waals surface area contributed by atoms with Gasteiger partial charge in [0.15, 0.2) is 0 Å². The molecule has 0 amide bonds. The third-order valence-corrected chi connectivity index (χ3v) is 4.52. The summed E-state index contributed by atoms with van der Waals surface area (Å²) >= 11 is 1.65. The lowest BCUT2D eigenvalue weighted by Crippen LogP contribution is -2.27. The fourth-order valence-electron chi connectivity index (χ4n) is 2.29. The van der Waals surface area contributed by atoms with Crippen molar-refractivity contribution >= 4 is 33.3 Å². The van der Waals surface area contributed by atoms with Crippen LogP contribution in [0.25, 0.3) is 10.2 Å². The number of nitrogens with zero attached hydrogens (tertiary/aromatic N) is 3. The molecular formula is C13H20N6S. The van der Waals surface area contributed by atoms with Gasteiger partial charge in [-0.05, 0) is 32.9 Å². The lowest BCUT2D eigenvalue weighted by Gasteiger charge is -2.16. The molecule has 6 nitrogen and oxygen atoms in total. The SMILES string of the molecule is Cc1cc2c(NCCN(C)C3CC3)nc(NN)nc2s1. The van der Waals surface area contributed by atoms with E-state index in [0.717, 1.165) is 35.2 Å². The number of fused-ring (bicyclic) bond motifs is 1. The summed E-state index contributed by atoms with van der Waals surface area (Å²) < 4.78 is 0. The summed E-state index contributed by atoms with van der Waals surface area (Å²) in [6, 6.07) is 2.90. The van der Waals surface area contributed by atoms with E-state index in [-0.39, 0.29) is 0 Å². The maximum atomic E-state index is 5.44. The average molecular weight is 292 g/mol. The van der Waals surface area contributed by atoms with Crippen LogP contribution in [0, 0.1) is 6.92 Å². The highest BCUT2D eigenvalue weighted by atomic mass is 32.1. The van der Waals surface area contributed by atoms with Gasteiger partial charge in [0.1, 0.15) is 10.6 Å². The Morgan fingerprint density at radius 1 is 1.45 bits per heavy atom. The number of hydrogen-bond acceptors (Lipinski definition) is 7. The summed E-state index contributed by atoms with van der Waals surface area (Å²) in [6.07, 6.45) is 2.67. The number of hydrazine groups is 1. The van der Waals surface area contributed by atoms with E-state index in [1.54, 1.807) is 11.3 Å². The summed E-state index contributed by atoms with van der Waals surface area (Å²) in [4.78, 5) is 13.4. The normalized spacial score (nSPS) is 15.0. The van der Waals surface area contributed by atoms with E-state index in [4.69, 9.17) is 5.84 Å². The van der Waals surface area contributed by atoms with Crippen LogP contribution in [-0.4, -0.2) is 41.0 Å². The molecule has 0 saturated heterocycles. The Hall–Kier alpha value is -1.44. The second kappa shape index (κ2) is 5.51. The van der Waals surface area contributed by atoms with Crippen molar-refractivity contribution in [1.82, 2.24) is 14.9 Å². The van der Waals surface area contributed by atoms with E-state index in [1.165, 1.54) is 17.7 Å². The highest BCUT2D eigenvalue weighted by molar-refractivity contribution is 7.18. The number of anilines is 2. The van der Waals surface area contributed by atoms with Gasteiger partial charge in [-0.2, -0.15) is 4.98 Å². The van der Waals surface area contributed by atoms with Crippen molar-refractivity contribution < 1.29 is 0 Å². The second-order valence-corrected chi connectivity index (χ2v) is 6.49.